The Morgan fingerprint density at radius 1 is 1.00 bits per heavy atom. The Balaban J connectivity index is 2.36. The Morgan fingerprint density at radius 2 is 1.59 bits per heavy atom. The van der Waals surface area contributed by atoms with Crippen molar-refractivity contribution in [2.45, 2.75) is 25.0 Å². The van der Waals surface area contributed by atoms with Crippen LogP contribution >= 0.6 is 0 Å². The predicted octanol–water partition coefficient (Wildman–Crippen LogP) is 4.21. The molecule has 2 aromatic rings. The van der Waals surface area contributed by atoms with Gasteiger partial charge in [0.2, 0.25) is 0 Å². The van der Waals surface area contributed by atoms with Gasteiger partial charge in [-0.15, -0.1) is 0 Å². The fraction of sp³-hybridized carbons (Fsp3) is 0.235. The van der Waals surface area contributed by atoms with Crippen molar-refractivity contribution in [3.05, 3.63) is 58.7 Å². The van der Waals surface area contributed by atoms with Crippen LogP contribution in [0.15, 0.2) is 41.4 Å². The molecule has 2 aromatic carbocycles. The summed E-state index contributed by atoms with van der Waals surface area (Å²) in [6.07, 6.45) is 1.55. The Morgan fingerprint density at radius 3 is 2.18 bits per heavy atom. The second kappa shape index (κ2) is 6.85. The maximum atomic E-state index is 12.7. The maximum absolute atomic E-state index is 12.7. The van der Waals surface area contributed by atoms with Crippen molar-refractivity contribution in [1.82, 2.24) is 0 Å². The molecular weight excluding hydrogens is 403 g/mol. The Hall–Kier alpha value is -1.31. The van der Waals surface area contributed by atoms with Crippen LogP contribution in [0.2, 0.25) is 0 Å². The van der Waals surface area contributed by atoms with Gasteiger partial charge in [0.15, 0.2) is 0 Å². The Labute approximate surface area is 138 Å². The predicted molar refractivity (Wildman–Crippen MR) is 85.8 cm³/mol. The topological polar surface area (TPSA) is 12.4 Å². The monoisotopic (exact) mass is 421 g/mol. The third kappa shape index (κ3) is 4.59. The van der Waals surface area contributed by atoms with E-state index in [1.807, 2.05) is 32.9 Å². The first-order valence-electron chi connectivity index (χ1n) is 6.73. The van der Waals surface area contributed by atoms with Crippen LogP contribution in [-0.2, 0) is 0 Å². The van der Waals surface area contributed by atoms with Gasteiger partial charge >= 0.3 is 138 Å². The summed E-state index contributed by atoms with van der Waals surface area (Å²) >= 11 is -2.23. The van der Waals surface area contributed by atoms with Gasteiger partial charge in [-0.3, -0.25) is 0 Å². The molecule has 0 atom stereocenters. The number of alkyl halides is 3. The minimum absolute atomic E-state index is 0.367. The molecule has 0 aliphatic carbocycles. The first kappa shape index (κ1) is 17.0. The summed E-state index contributed by atoms with van der Waals surface area (Å²) in [6, 6.07) is 10.7. The third-order valence-electron chi connectivity index (χ3n) is 3.11. The third-order valence-corrected chi connectivity index (χ3v) is 5.46. The van der Waals surface area contributed by atoms with Crippen LogP contribution in [0, 0.1) is 20.8 Å². The zero-order chi connectivity index (χ0) is 16.3. The van der Waals surface area contributed by atoms with E-state index in [4.69, 9.17) is 0 Å². The van der Waals surface area contributed by atoms with Crippen molar-refractivity contribution in [3.63, 3.8) is 0 Å². The number of aliphatic imine (C=N–C) groups is 1. The number of nitrogens with zero attached hydrogens (tertiary/aromatic N) is 1. The molecule has 22 heavy (non-hydrogen) atoms. The minimum atomic E-state index is -4.09. The van der Waals surface area contributed by atoms with Crippen molar-refractivity contribution in [1.29, 1.82) is 0 Å². The standard InChI is InChI=1S/C17H16F3NTe/c1-11-8-12(2)16(13(3)9-11)21-10-14-6-4-5-7-15(14)22-17(18,19)20/h4-10H,1-3H3. The van der Waals surface area contributed by atoms with Crippen molar-refractivity contribution in [2.75, 3.05) is 0 Å². The Kier molecular flexibility index (Phi) is 5.31. The number of hydrogen-bond acceptors (Lipinski definition) is 1. The molecule has 2 rings (SSSR count). The van der Waals surface area contributed by atoms with Gasteiger partial charge in [0.25, 0.3) is 0 Å². The summed E-state index contributed by atoms with van der Waals surface area (Å²) in [6.45, 7) is 5.93. The number of aryl methyl sites for hydroxylation is 3. The number of rotatable bonds is 3. The molecule has 0 unspecified atom stereocenters. The molecule has 0 N–H and O–H groups in total. The van der Waals surface area contributed by atoms with E-state index in [1.54, 1.807) is 30.5 Å². The number of hydrogen-bond donors (Lipinski definition) is 0. The van der Waals surface area contributed by atoms with E-state index in [2.05, 4.69) is 4.99 Å². The second-order valence-electron chi connectivity index (χ2n) is 5.09. The molecule has 0 spiro atoms. The summed E-state index contributed by atoms with van der Waals surface area (Å²) < 4.78 is 34.3. The van der Waals surface area contributed by atoms with Crippen LogP contribution in [0.4, 0.5) is 18.9 Å². The van der Waals surface area contributed by atoms with Crippen LogP contribution in [0.1, 0.15) is 22.3 Å². The van der Waals surface area contributed by atoms with Crippen LogP contribution in [0.25, 0.3) is 0 Å². The van der Waals surface area contributed by atoms with Gasteiger partial charge in [-0.1, -0.05) is 0 Å². The van der Waals surface area contributed by atoms with Crippen LogP contribution in [0.5, 0.6) is 0 Å². The van der Waals surface area contributed by atoms with Gasteiger partial charge < -0.3 is 0 Å². The average Bonchev–Trinajstić information content (AvgIpc) is 2.37. The molecule has 0 aliphatic rings. The van der Waals surface area contributed by atoms with Gasteiger partial charge in [0.05, 0.1) is 0 Å². The summed E-state index contributed by atoms with van der Waals surface area (Å²) in [7, 11) is 0. The first-order chi connectivity index (χ1) is 10.3. The molecule has 5 heteroatoms. The van der Waals surface area contributed by atoms with Gasteiger partial charge in [-0.25, -0.2) is 0 Å². The number of halogens is 3. The number of benzene rings is 2. The first-order valence-corrected chi connectivity index (χ1v) is 9.06. The van der Waals surface area contributed by atoms with Gasteiger partial charge in [0.1, 0.15) is 0 Å². The molecule has 0 heterocycles. The molecule has 0 aliphatic heterocycles. The summed E-state index contributed by atoms with van der Waals surface area (Å²) in [5.41, 5.74) is 4.59. The zero-order valence-electron chi connectivity index (χ0n) is 12.5. The quantitative estimate of drug-likeness (QED) is 0.523. The van der Waals surface area contributed by atoms with E-state index in [1.165, 1.54) is 0 Å². The van der Waals surface area contributed by atoms with Gasteiger partial charge in [0, 0.05) is 0 Å². The summed E-state index contributed by atoms with van der Waals surface area (Å²) in [4.78, 5) is 4.44. The van der Waals surface area contributed by atoms with Gasteiger partial charge in [-0.2, -0.15) is 0 Å². The summed E-state index contributed by atoms with van der Waals surface area (Å²) in [5, 5.41) is 0. The van der Waals surface area contributed by atoms with Crippen molar-refractivity contribution in [3.8, 4) is 0 Å². The van der Waals surface area contributed by atoms with Crippen LogP contribution < -0.4 is 3.61 Å². The fourth-order valence-electron chi connectivity index (χ4n) is 2.31. The molecule has 0 amide bonds. The molecule has 1 nitrogen and oxygen atoms in total. The molecule has 0 radical (unpaired) electrons. The normalized spacial score (nSPS) is 12.1. The zero-order valence-corrected chi connectivity index (χ0v) is 14.9. The van der Waals surface area contributed by atoms with E-state index in [0.717, 1.165) is 22.4 Å². The average molecular weight is 419 g/mol. The van der Waals surface area contributed by atoms with E-state index >= 15 is 0 Å². The van der Waals surface area contributed by atoms with Crippen LogP contribution in [0.3, 0.4) is 0 Å². The Bertz CT molecular complexity index is 682. The molecule has 0 fully saturated rings. The van der Waals surface area contributed by atoms with Crippen molar-refractivity contribution in [2.24, 2.45) is 4.99 Å². The SMILES string of the molecule is Cc1cc(C)c(N=Cc2ccccc2[Te]C(F)(F)F)c(C)c1. The van der Waals surface area contributed by atoms with Crippen molar-refractivity contribution >= 4 is 36.4 Å². The van der Waals surface area contributed by atoms with E-state index in [-0.39, 0.29) is 0 Å². The van der Waals surface area contributed by atoms with E-state index in [9.17, 15) is 13.2 Å². The molecule has 116 valence electrons. The fourth-order valence-corrected chi connectivity index (χ4v) is 4.13. The van der Waals surface area contributed by atoms with Crippen LogP contribution in [-0.4, -0.2) is 31.4 Å². The van der Waals surface area contributed by atoms with E-state index in [0.29, 0.717) is 9.17 Å². The van der Waals surface area contributed by atoms with E-state index < -0.39 is 25.1 Å². The molecule has 0 saturated carbocycles. The second-order valence-corrected chi connectivity index (χ2v) is 8.25. The molecule has 0 bridgehead atoms. The summed E-state index contributed by atoms with van der Waals surface area (Å²) in [5.74, 6) is 0. The molecular formula is C17H16F3NTe. The van der Waals surface area contributed by atoms with Gasteiger partial charge in [-0.05, 0) is 0 Å². The molecule has 0 saturated heterocycles. The molecule has 0 aromatic heterocycles. The van der Waals surface area contributed by atoms with Crippen molar-refractivity contribution < 1.29 is 13.2 Å².